The summed E-state index contributed by atoms with van der Waals surface area (Å²) in [4.78, 5) is 11.3. The van der Waals surface area contributed by atoms with Crippen LogP contribution < -0.4 is 10.6 Å². The van der Waals surface area contributed by atoms with E-state index in [2.05, 4.69) is 10.6 Å². The number of carbonyl (C=O) groups excluding carboxylic acids is 1. The van der Waals surface area contributed by atoms with E-state index in [9.17, 15) is 4.79 Å². The molecule has 4 nitrogen and oxygen atoms in total. The Balaban J connectivity index is 2.17. The molecule has 76 valence electrons. The third-order valence-corrected chi connectivity index (χ3v) is 2.34. The van der Waals surface area contributed by atoms with E-state index in [1.165, 1.54) is 0 Å². The zero-order valence-corrected chi connectivity index (χ0v) is 8.21. The van der Waals surface area contributed by atoms with Gasteiger partial charge >= 0.3 is 0 Å². The van der Waals surface area contributed by atoms with Gasteiger partial charge in [-0.25, -0.2) is 0 Å². The average Bonchev–Trinajstić information content (AvgIpc) is 2.02. The van der Waals surface area contributed by atoms with Crippen LogP contribution in [0.5, 0.6) is 0 Å². The smallest absolute Gasteiger partial charge is 0.236 e. The third kappa shape index (κ3) is 2.97. The molecule has 13 heavy (non-hydrogen) atoms. The summed E-state index contributed by atoms with van der Waals surface area (Å²) in [5.41, 5.74) is 0. The van der Waals surface area contributed by atoms with Crippen molar-refractivity contribution >= 4 is 5.91 Å². The Morgan fingerprint density at radius 1 is 1.62 bits per heavy atom. The first-order chi connectivity index (χ1) is 6.13. The van der Waals surface area contributed by atoms with Crippen LogP contribution >= 0.6 is 0 Å². The molecule has 1 aliphatic rings. The van der Waals surface area contributed by atoms with Gasteiger partial charge in [-0.2, -0.15) is 0 Å². The van der Waals surface area contributed by atoms with Crippen molar-refractivity contribution in [3.05, 3.63) is 0 Å². The first kappa shape index (κ1) is 10.5. The molecule has 1 atom stereocenters. The molecule has 0 aliphatic heterocycles. The van der Waals surface area contributed by atoms with Gasteiger partial charge in [0.2, 0.25) is 5.91 Å². The number of likely N-dealkylation sites (N-methyl/N-ethyl adjacent to an activating group) is 1. The molecule has 1 amide bonds. The number of hydrogen-bond acceptors (Lipinski definition) is 3. The first-order valence-corrected chi connectivity index (χ1v) is 4.85. The van der Waals surface area contributed by atoms with Crippen LogP contribution in [0.3, 0.4) is 0 Å². The third-order valence-electron chi connectivity index (χ3n) is 2.34. The maximum Gasteiger partial charge on any atom is 0.236 e. The number of aliphatic hydroxyl groups excluding tert-OH is 1. The molecule has 0 heterocycles. The van der Waals surface area contributed by atoms with Gasteiger partial charge in [-0.1, -0.05) is 0 Å². The van der Waals surface area contributed by atoms with Crippen molar-refractivity contribution in [1.29, 1.82) is 0 Å². The fourth-order valence-electron chi connectivity index (χ4n) is 1.48. The molecular formula is C9H18N2O2. The SMILES string of the molecule is CCNC(=O)C(C)NC1CC(O)C1. The summed E-state index contributed by atoms with van der Waals surface area (Å²) in [7, 11) is 0. The summed E-state index contributed by atoms with van der Waals surface area (Å²) in [5, 5.41) is 14.9. The summed E-state index contributed by atoms with van der Waals surface area (Å²) in [5.74, 6) is 0.0314. The number of aliphatic hydroxyl groups is 1. The minimum absolute atomic E-state index is 0.0314. The summed E-state index contributed by atoms with van der Waals surface area (Å²) in [6.07, 6.45) is 1.37. The maximum atomic E-state index is 11.3. The van der Waals surface area contributed by atoms with Crippen LogP contribution in [0.1, 0.15) is 26.7 Å². The van der Waals surface area contributed by atoms with Crippen molar-refractivity contribution in [2.45, 2.75) is 44.9 Å². The van der Waals surface area contributed by atoms with Gasteiger partial charge in [-0.3, -0.25) is 4.79 Å². The number of amides is 1. The average molecular weight is 186 g/mol. The lowest BCUT2D eigenvalue weighted by molar-refractivity contribution is -0.123. The molecule has 0 aromatic carbocycles. The molecular weight excluding hydrogens is 168 g/mol. The normalized spacial score (nSPS) is 29.2. The Morgan fingerprint density at radius 2 is 2.23 bits per heavy atom. The summed E-state index contributed by atoms with van der Waals surface area (Å²) < 4.78 is 0. The van der Waals surface area contributed by atoms with E-state index in [1.54, 1.807) is 0 Å². The molecule has 1 fully saturated rings. The van der Waals surface area contributed by atoms with E-state index in [0.29, 0.717) is 12.6 Å². The van der Waals surface area contributed by atoms with Crippen LogP contribution in [0.4, 0.5) is 0 Å². The van der Waals surface area contributed by atoms with Crippen LogP contribution in [-0.2, 0) is 4.79 Å². The number of hydrogen-bond donors (Lipinski definition) is 3. The van der Waals surface area contributed by atoms with Gasteiger partial charge in [0.1, 0.15) is 0 Å². The molecule has 0 bridgehead atoms. The van der Waals surface area contributed by atoms with Crippen molar-refractivity contribution in [2.75, 3.05) is 6.54 Å². The minimum Gasteiger partial charge on any atom is -0.393 e. The molecule has 3 N–H and O–H groups in total. The second-order valence-electron chi connectivity index (χ2n) is 3.61. The van der Waals surface area contributed by atoms with E-state index in [-0.39, 0.29) is 18.1 Å². The van der Waals surface area contributed by atoms with Gasteiger partial charge in [0.25, 0.3) is 0 Å². The van der Waals surface area contributed by atoms with Crippen LogP contribution in [0, 0.1) is 0 Å². The molecule has 0 radical (unpaired) electrons. The lowest BCUT2D eigenvalue weighted by Crippen LogP contribution is -2.52. The Kier molecular flexibility index (Phi) is 3.69. The lowest BCUT2D eigenvalue weighted by Gasteiger charge is -2.34. The van der Waals surface area contributed by atoms with Crippen LogP contribution in [0.25, 0.3) is 0 Å². The van der Waals surface area contributed by atoms with Gasteiger partial charge in [0.05, 0.1) is 12.1 Å². The summed E-state index contributed by atoms with van der Waals surface area (Å²) in [6, 6.07) is 0.157. The van der Waals surface area contributed by atoms with Gasteiger partial charge in [0, 0.05) is 12.6 Å². The van der Waals surface area contributed by atoms with Crippen LogP contribution in [-0.4, -0.2) is 35.7 Å². The first-order valence-electron chi connectivity index (χ1n) is 4.85. The van der Waals surface area contributed by atoms with Gasteiger partial charge in [-0.15, -0.1) is 0 Å². The standard InChI is InChI=1S/C9H18N2O2/c1-3-10-9(13)6(2)11-7-4-8(12)5-7/h6-8,11-12H,3-5H2,1-2H3,(H,10,13). The largest absolute Gasteiger partial charge is 0.393 e. The molecule has 1 unspecified atom stereocenters. The van der Waals surface area contributed by atoms with Gasteiger partial charge < -0.3 is 15.7 Å². The Hall–Kier alpha value is -0.610. The maximum absolute atomic E-state index is 11.3. The predicted molar refractivity (Wildman–Crippen MR) is 50.3 cm³/mol. The fourth-order valence-corrected chi connectivity index (χ4v) is 1.48. The van der Waals surface area contributed by atoms with E-state index < -0.39 is 0 Å². The number of rotatable bonds is 4. The highest BCUT2D eigenvalue weighted by atomic mass is 16.3. The second kappa shape index (κ2) is 4.58. The summed E-state index contributed by atoms with van der Waals surface area (Å²) in [6.45, 7) is 4.41. The molecule has 4 heteroatoms. The second-order valence-corrected chi connectivity index (χ2v) is 3.61. The highest BCUT2D eigenvalue weighted by molar-refractivity contribution is 5.81. The number of nitrogens with one attached hydrogen (secondary N) is 2. The van der Waals surface area contributed by atoms with E-state index in [0.717, 1.165) is 12.8 Å². The van der Waals surface area contributed by atoms with Crippen molar-refractivity contribution in [3.8, 4) is 0 Å². The molecule has 0 spiro atoms. The highest BCUT2D eigenvalue weighted by Gasteiger charge is 2.29. The van der Waals surface area contributed by atoms with Crippen molar-refractivity contribution in [3.63, 3.8) is 0 Å². The zero-order chi connectivity index (χ0) is 9.84. The molecule has 1 saturated carbocycles. The molecule has 0 aromatic rings. The molecule has 1 aliphatic carbocycles. The highest BCUT2D eigenvalue weighted by Crippen LogP contribution is 2.19. The molecule has 0 saturated heterocycles. The molecule has 0 aromatic heterocycles. The Morgan fingerprint density at radius 3 is 2.69 bits per heavy atom. The van der Waals surface area contributed by atoms with Crippen LogP contribution in [0.15, 0.2) is 0 Å². The predicted octanol–water partition coefficient (Wildman–Crippen LogP) is -0.376. The molecule has 1 rings (SSSR count). The lowest BCUT2D eigenvalue weighted by atomic mass is 9.89. The van der Waals surface area contributed by atoms with Gasteiger partial charge in [0.15, 0.2) is 0 Å². The van der Waals surface area contributed by atoms with Crippen molar-refractivity contribution in [1.82, 2.24) is 10.6 Å². The van der Waals surface area contributed by atoms with E-state index >= 15 is 0 Å². The minimum atomic E-state index is -0.168. The number of carbonyl (C=O) groups is 1. The fraction of sp³-hybridized carbons (Fsp3) is 0.889. The van der Waals surface area contributed by atoms with Gasteiger partial charge in [-0.05, 0) is 26.7 Å². The quantitative estimate of drug-likeness (QED) is 0.561. The van der Waals surface area contributed by atoms with E-state index in [1.807, 2.05) is 13.8 Å². The monoisotopic (exact) mass is 186 g/mol. The topological polar surface area (TPSA) is 61.4 Å². The van der Waals surface area contributed by atoms with E-state index in [4.69, 9.17) is 5.11 Å². The Labute approximate surface area is 78.7 Å². The van der Waals surface area contributed by atoms with Crippen molar-refractivity contribution < 1.29 is 9.90 Å². The van der Waals surface area contributed by atoms with Crippen molar-refractivity contribution in [2.24, 2.45) is 0 Å². The van der Waals surface area contributed by atoms with Crippen LogP contribution in [0.2, 0.25) is 0 Å². The zero-order valence-electron chi connectivity index (χ0n) is 8.21. The summed E-state index contributed by atoms with van der Waals surface area (Å²) >= 11 is 0. The Bertz CT molecular complexity index is 178.